The summed E-state index contributed by atoms with van der Waals surface area (Å²) in [6.45, 7) is 0. The lowest BCUT2D eigenvalue weighted by Gasteiger charge is -0.413. The maximum atomic E-state index is 0. The van der Waals surface area contributed by atoms with Crippen molar-refractivity contribution >= 4 is 27.0 Å². The summed E-state index contributed by atoms with van der Waals surface area (Å²) < 4.78 is 0. The van der Waals surface area contributed by atoms with Gasteiger partial charge < -0.3 is 16.4 Å². The van der Waals surface area contributed by atoms with Gasteiger partial charge in [-0.15, -0.1) is 0 Å². The van der Waals surface area contributed by atoms with E-state index in [9.17, 15) is 0 Å². The second-order valence-electron chi connectivity index (χ2n) is 0. The highest BCUT2D eigenvalue weighted by Gasteiger charge is -0.196. The SMILES string of the molecule is O.O.O.S.S. The normalized spacial score (nSPS) is 0. The maximum absolute atomic E-state index is 0. The molecule has 0 aliphatic rings. The van der Waals surface area contributed by atoms with E-state index in [1.54, 1.807) is 0 Å². The van der Waals surface area contributed by atoms with Crippen LogP contribution in [0.5, 0.6) is 0 Å². The predicted molar refractivity (Wildman–Crippen MR) is 31.6 cm³/mol. The van der Waals surface area contributed by atoms with Crippen molar-refractivity contribution in [2.75, 3.05) is 0 Å². The topological polar surface area (TPSA) is 94.5 Å². The average Bonchev–Trinajstić information content (AvgIpc) is 0. The van der Waals surface area contributed by atoms with Crippen LogP contribution in [0.2, 0.25) is 0 Å². The van der Waals surface area contributed by atoms with E-state index in [2.05, 4.69) is 0 Å². The van der Waals surface area contributed by atoms with Gasteiger partial charge in [-0.25, -0.2) is 0 Å². The van der Waals surface area contributed by atoms with E-state index < -0.39 is 0 Å². The molecule has 5 heteroatoms. The van der Waals surface area contributed by atoms with Gasteiger partial charge in [0, 0.05) is 0 Å². The predicted octanol–water partition coefficient (Wildman–Crippen LogP) is -2.25. The summed E-state index contributed by atoms with van der Waals surface area (Å²) in [6, 6.07) is 0. The lowest BCUT2D eigenvalue weighted by molar-refractivity contribution is 0.823. The van der Waals surface area contributed by atoms with Crippen molar-refractivity contribution in [3.63, 3.8) is 0 Å². The molecule has 0 unspecified atom stereocenters. The summed E-state index contributed by atoms with van der Waals surface area (Å²) in [4.78, 5) is 0. The van der Waals surface area contributed by atoms with Crippen molar-refractivity contribution in [3.05, 3.63) is 0 Å². The molecular weight excluding hydrogens is 112 g/mol. The highest BCUT2D eigenvalue weighted by Crippen LogP contribution is 0.649. The summed E-state index contributed by atoms with van der Waals surface area (Å²) in [5, 5.41) is 0. The van der Waals surface area contributed by atoms with Crippen molar-refractivity contribution in [1.29, 1.82) is 0 Å². The molecular formula is H10O3S2. The van der Waals surface area contributed by atoms with Crippen LogP contribution in [0.4, 0.5) is 0 Å². The van der Waals surface area contributed by atoms with Crippen molar-refractivity contribution in [3.8, 4) is 0 Å². The van der Waals surface area contributed by atoms with Crippen LogP contribution in [-0.2, 0) is 0 Å². The first-order chi connectivity index (χ1) is 0. The van der Waals surface area contributed by atoms with Crippen LogP contribution >= 0.6 is 27.0 Å². The molecule has 0 atom stereocenters. The molecule has 0 aromatic rings. The highest BCUT2D eigenvalue weighted by molar-refractivity contribution is 7.59. The summed E-state index contributed by atoms with van der Waals surface area (Å²) in [7, 11) is 0. The molecule has 0 fully saturated rings. The molecule has 0 aromatic carbocycles. The highest BCUT2D eigenvalue weighted by atomic mass is 32.1. The van der Waals surface area contributed by atoms with Crippen LogP contribution in [0.1, 0.15) is 0 Å². The monoisotopic (exact) mass is 122 g/mol. The molecule has 0 rings (SSSR count). The fourth-order valence-corrected chi connectivity index (χ4v) is 0. The van der Waals surface area contributed by atoms with E-state index in [4.69, 9.17) is 0 Å². The Morgan fingerprint density at radius 1 is 0.400 bits per heavy atom. The number of rotatable bonds is 0. The Balaban J connectivity index is 0. The second kappa shape index (κ2) is 174. The molecule has 0 amide bonds. The standard InChI is InChI=1S/3H2O.2H2S/h5*1H2. The van der Waals surface area contributed by atoms with E-state index >= 15 is 0 Å². The Kier molecular flexibility index (Phi) is 12100. The van der Waals surface area contributed by atoms with Gasteiger partial charge >= 0.3 is 0 Å². The zero-order valence-corrected chi connectivity index (χ0v) is 4.50. The molecule has 0 heterocycles. The smallest absolute Gasteiger partial charge is 0.197 e. The van der Waals surface area contributed by atoms with Gasteiger partial charge in [0.25, 0.3) is 0 Å². The minimum Gasteiger partial charge on any atom is -0.412 e. The first-order valence-corrected chi connectivity index (χ1v) is 0. The first kappa shape index (κ1) is 348. The Bertz CT molecular complexity index is 4.85. The van der Waals surface area contributed by atoms with E-state index in [1.807, 2.05) is 0 Å². The van der Waals surface area contributed by atoms with Gasteiger partial charge in [-0.05, 0) is 0 Å². The summed E-state index contributed by atoms with van der Waals surface area (Å²) in [5.41, 5.74) is 0. The Labute approximate surface area is 44.2 Å². The van der Waals surface area contributed by atoms with E-state index in [1.165, 1.54) is 0 Å². The third kappa shape index (κ3) is 90.6. The third-order valence-electron chi connectivity index (χ3n) is 0. The van der Waals surface area contributed by atoms with Crippen molar-refractivity contribution in [2.24, 2.45) is 0 Å². The molecule has 5 heavy (non-hydrogen) atoms. The molecule has 0 aromatic heterocycles. The van der Waals surface area contributed by atoms with E-state index in [0.29, 0.717) is 0 Å². The molecule has 0 saturated carbocycles. The third-order valence-corrected chi connectivity index (χ3v) is 0. The van der Waals surface area contributed by atoms with Crippen LogP contribution in [0, 0.1) is 0 Å². The minimum atomic E-state index is 0. The molecule has 0 aliphatic carbocycles. The lowest BCUT2D eigenvalue weighted by atomic mass is 16.0. The molecule has 0 radical (unpaired) electrons. The van der Waals surface area contributed by atoms with Crippen LogP contribution < -0.4 is 0 Å². The molecule has 6 N–H and O–H groups in total. The summed E-state index contributed by atoms with van der Waals surface area (Å²) in [6.07, 6.45) is 0. The lowest BCUT2D eigenvalue weighted by Crippen LogP contribution is -0.290. The van der Waals surface area contributed by atoms with Crippen molar-refractivity contribution in [1.82, 2.24) is 0 Å². The van der Waals surface area contributed by atoms with E-state index in [0.717, 1.165) is 0 Å². The van der Waals surface area contributed by atoms with Crippen LogP contribution in [0.25, 0.3) is 0 Å². The largest absolute Gasteiger partial charge is 0.412 e. The van der Waals surface area contributed by atoms with Crippen LogP contribution in [0.3, 0.4) is 0 Å². The number of hydrogen-bond donors (Lipinski definition) is 0. The quantitative estimate of drug-likeness (QED) is 0.347. The molecule has 0 spiro atoms. The van der Waals surface area contributed by atoms with Crippen molar-refractivity contribution in [2.45, 2.75) is 0 Å². The van der Waals surface area contributed by atoms with Gasteiger partial charge in [0.05, 0.1) is 0 Å². The zero-order valence-electron chi connectivity index (χ0n) is 2.50. The maximum Gasteiger partial charge on any atom is -0.197 e. The Hall–Kier alpha value is 0.580. The minimum absolute atomic E-state index is 0. The fraction of sp³-hybridized carbons (Fsp3) is 0. The fourth-order valence-electron chi connectivity index (χ4n) is 0. The molecule has 0 aliphatic heterocycles. The van der Waals surface area contributed by atoms with Gasteiger partial charge in [-0.3, -0.25) is 0 Å². The first-order valence-electron chi connectivity index (χ1n) is 0. The van der Waals surface area contributed by atoms with Gasteiger partial charge in [0.2, 0.25) is 0 Å². The van der Waals surface area contributed by atoms with E-state index in [-0.39, 0.29) is 43.4 Å². The molecule has 3 nitrogen and oxygen atoms in total. The van der Waals surface area contributed by atoms with Crippen LogP contribution in [-0.4, -0.2) is 16.4 Å². The molecule has 0 bridgehead atoms. The molecule has 40 valence electrons. The van der Waals surface area contributed by atoms with Gasteiger partial charge in [-0.2, -0.15) is 27.0 Å². The van der Waals surface area contributed by atoms with Gasteiger partial charge in [-0.1, -0.05) is 0 Å². The summed E-state index contributed by atoms with van der Waals surface area (Å²) in [5.74, 6) is 0. The van der Waals surface area contributed by atoms with Crippen molar-refractivity contribution < 1.29 is 16.4 Å². The zero-order chi connectivity index (χ0) is 0. The summed E-state index contributed by atoms with van der Waals surface area (Å²) >= 11 is 0. The second-order valence-corrected chi connectivity index (χ2v) is 0. The Morgan fingerprint density at radius 2 is 0.400 bits per heavy atom. The Morgan fingerprint density at radius 3 is 0.400 bits per heavy atom. The molecule has 0 saturated heterocycles. The van der Waals surface area contributed by atoms with Gasteiger partial charge in [0.1, 0.15) is 0 Å². The average molecular weight is 122 g/mol. The van der Waals surface area contributed by atoms with Crippen LogP contribution in [0.15, 0.2) is 0 Å². The number of hydrogen-bond acceptors (Lipinski definition) is 0. The van der Waals surface area contributed by atoms with Gasteiger partial charge in [0.15, 0.2) is 0 Å².